The van der Waals surface area contributed by atoms with Crippen LogP contribution in [0.15, 0.2) is 73.1 Å². The van der Waals surface area contributed by atoms with Gasteiger partial charge in [-0.3, -0.25) is 0 Å². The maximum Gasteiger partial charge on any atom is 0.157 e. The van der Waals surface area contributed by atoms with Gasteiger partial charge in [-0.2, -0.15) is 14.9 Å². The van der Waals surface area contributed by atoms with Gasteiger partial charge in [0.05, 0.1) is 17.8 Å². The number of rotatable bonds is 3. The fourth-order valence-electron chi connectivity index (χ4n) is 2.90. The molecule has 0 aliphatic carbocycles. The summed E-state index contributed by atoms with van der Waals surface area (Å²) < 4.78 is 1.80. The summed E-state index contributed by atoms with van der Waals surface area (Å²) in [5, 5.41) is 13.6. The first kappa shape index (κ1) is 14.9. The minimum atomic E-state index is 0.677. The summed E-state index contributed by atoms with van der Waals surface area (Å²) in [4.78, 5) is 6.35. The first-order valence-corrected chi connectivity index (χ1v) is 7.90. The standard InChI is InChI=1S/C20H15N5/c1-24(20-11-12-22-19-10-13-23-25(19)20)17-8-6-15(7-9-17)18-5-3-2-4-16(18)14-21/h2-13H,1H3. The van der Waals surface area contributed by atoms with Gasteiger partial charge in [-0.1, -0.05) is 30.3 Å². The summed E-state index contributed by atoms with van der Waals surface area (Å²) >= 11 is 0. The minimum Gasteiger partial charge on any atom is -0.329 e. The Kier molecular flexibility index (Phi) is 3.64. The van der Waals surface area contributed by atoms with E-state index in [4.69, 9.17) is 0 Å². The highest BCUT2D eigenvalue weighted by Crippen LogP contribution is 2.28. The summed E-state index contributed by atoms with van der Waals surface area (Å²) in [5.41, 5.74) is 4.48. The van der Waals surface area contributed by atoms with Crippen molar-refractivity contribution in [1.29, 1.82) is 5.26 Å². The van der Waals surface area contributed by atoms with Crippen LogP contribution < -0.4 is 4.90 Å². The summed E-state index contributed by atoms with van der Waals surface area (Å²) in [6.07, 6.45) is 3.52. The van der Waals surface area contributed by atoms with Crippen molar-refractivity contribution >= 4 is 17.2 Å². The van der Waals surface area contributed by atoms with Gasteiger partial charge in [-0.15, -0.1) is 0 Å². The van der Waals surface area contributed by atoms with Crippen molar-refractivity contribution in [3.8, 4) is 17.2 Å². The van der Waals surface area contributed by atoms with Crippen LogP contribution in [0.1, 0.15) is 5.56 Å². The van der Waals surface area contributed by atoms with Crippen LogP contribution in [0.5, 0.6) is 0 Å². The maximum absolute atomic E-state index is 9.28. The normalized spacial score (nSPS) is 10.6. The topological polar surface area (TPSA) is 57.2 Å². The van der Waals surface area contributed by atoms with Gasteiger partial charge in [0.15, 0.2) is 5.65 Å². The second-order valence-corrected chi connectivity index (χ2v) is 5.67. The van der Waals surface area contributed by atoms with Crippen molar-refractivity contribution < 1.29 is 0 Å². The van der Waals surface area contributed by atoms with Gasteiger partial charge in [0, 0.05) is 25.0 Å². The van der Waals surface area contributed by atoms with Gasteiger partial charge in [-0.05, 0) is 35.4 Å². The van der Waals surface area contributed by atoms with Crippen LogP contribution in [0.25, 0.3) is 16.8 Å². The highest BCUT2D eigenvalue weighted by atomic mass is 15.3. The quantitative estimate of drug-likeness (QED) is 0.570. The Morgan fingerprint density at radius 3 is 2.56 bits per heavy atom. The first-order valence-electron chi connectivity index (χ1n) is 7.90. The van der Waals surface area contributed by atoms with Crippen LogP contribution in [0.4, 0.5) is 11.5 Å². The largest absolute Gasteiger partial charge is 0.329 e. The Balaban J connectivity index is 1.71. The first-order chi connectivity index (χ1) is 12.3. The SMILES string of the molecule is CN(c1ccc(-c2ccccc2C#N)cc1)c1ccnc2ccnn12. The molecule has 0 unspecified atom stereocenters. The van der Waals surface area contributed by atoms with Gasteiger partial charge >= 0.3 is 0 Å². The zero-order chi connectivity index (χ0) is 17.2. The molecular formula is C20H15N5. The van der Waals surface area contributed by atoms with E-state index in [9.17, 15) is 5.26 Å². The van der Waals surface area contributed by atoms with Crippen molar-refractivity contribution in [3.05, 3.63) is 78.6 Å². The molecule has 4 rings (SSSR count). The molecule has 0 spiro atoms. The number of anilines is 2. The third-order valence-electron chi connectivity index (χ3n) is 4.23. The lowest BCUT2D eigenvalue weighted by Crippen LogP contribution is -2.14. The van der Waals surface area contributed by atoms with E-state index < -0.39 is 0 Å². The number of benzene rings is 2. The molecular weight excluding hydrogens is 310 g/mol. The molecule has 0 saturated carbocycles. The molecule has 0 N–H and O–H groups in total. The molecule has 0 amide bonds. The van der Waals surface area contributed by atoms with Crippen LogP contribution in [-0.4, -0.2) is 21.6 Å². The second kappa shape index (κ2) is 6.10. The minimum absolute atomic E-state index is 0.677. The van der Waals surface area contributed by atoms with E-state index in [0.717, 1.165) is 28.3 Å². The van der Waals surface area contributed by atoms with Crippen LogP contribution in [0.3, 0.4) is 0 Å². The Bertz CT molecular complexity index is 1070. The van der Waals surface area contributed by atoms with Crippen LogP contribution in [-0.2, 0) is 0 Å². The van der Waals surface area contributed by atoms with E-state index in [1.165, 1.54) is 0 Å². The molecule has 120 valence electrons. The molecule has 2 aromatic carbocycles. The molecule has 25 heavy (non-hydrogen) atoms. The lowest BCUT2D eigenvalue weighted by Gasteiger charge is -2.20. The zero-order valence-electron chi connectivity index (χ0n) is 13.7. The number of nitriles is 1. The highest BCUT2D eigenvalue weighted by Gasteiger charge is 2.10. The monoisotopic (exact) mass is 325 g/mol. The van der Waals surface area contributed by atoms with E-state index in [1.54, 1.807) is 16.9 Å². The van der Waals surface area contributed by atoms with Gasteiger partial charge < -0.3 is 4.90 Å². The lowest BCUT2D eigenvalue weighted by atomic mass is 10.0. The fraction of sp³-hybridized carbons (Fsp3) is 0.0500. The van der Waals surface area contributed by atoms with E-state index >= 15 is 0 Å². The Hall–Kier alpha value is -3.65. The molecule has 0 aliphatic heterocycles. The van der Waals surface area contributed by atoms with Gasteiger partial charge in [0.1, 0.15) is 5.82 Å². The molecule has 4 aromatic rings. The average molecular weight is 325 g/mol. The average Bonchev–Trinajstić information content (AvgIpc) is 3.16. The Morgan fingerprint density at radius 2 is 1.76 bits per heavy atom. The van der Waals surface area contributed by atoms with Crippen molar-refractivity contribution in [1.82, 2.24) is 14.6 Å². The van der Waals surface area contributed by atoms with Crippen molar-refractivity contribution in [2.75, 3.05) is 11.9 Å². The van der Waals surface area contributed by atoms with Crippen molar-refractivity contribution in [2.45, 2.75) is 0 Å². The molecule has 5 heteroatoms. The number of hydrogen-bond acceptors (Lipinski definition) is 4. The van der Waals surface area contributed by atoms with Crippen LogP contribution >= 0.6 is 0 Å². The van der Waals surface area contributed by atoms with E-state index in [1.807, 2.05) is 67.7 Å². The van der Waals surface area contributed by atoms with Crippen LogP contribution in [0, 0.1) is 11.3 Å². The Labute approximate surface area is 145 Å². The third kappa shape index (κ3) is 2.60. The predicted octanol–water partition coefficient (Wildman–Crippen LogP) is 4.04. The van der Waals surface area contributed by atoms with E-state index in [2.05, 4.69) is 21.1 Å². The van der Waals surface area contributed by atoms with Crippen molar-refractivity contribution in [2.24, 2.45) is 0 Å². The fourth-order valence-corrected chi connectivity index (χ4v) is 2.90. The Morgan fingerprint density at radius 1 is 0.960 bits per heavy atom. The van der Waals surface area contributed by atoms with E-state index in [-0.39, 0.29) is 0 Å². The third-order valence-corrected chi connectivity index (χ3v) is 4.23. The molecule has 0 atom stereocenters. The van der Waals surface area contributed by atoms with Gasteiger partial charge in [0.2, 0.25) is 0 Å². The molecule has 0 saturated heterocycles. The summed E-state index contributed by atoms with van der Waals surface area (Å²) in [6, 6.07) is 21.8. The highest BCUT2D eigenvalue weighted by molar-refractivity contribution is 5.73. The number of nitrogens with zero attached hydrogens (tertiary/aromatic N) is 5. The number of aromatic nitrogens is 3. The van der Waals surface area contributed by atoms with Crippen LogP contribution in [0.2, 0.25) is 0 Å². The maximum atomic E-state index is 9.28. The molecule has 0 radical (unpaired) electrons. The number of fused-ring (bicyclic) bond motifs is 1. The zero-order valence-corrected chi connectivity index (χ0v) is 13.7. The smallest absolute Gasteiger partial charge is 0.157 e. The summed E-state index contributed by atoms with van der Waals surface area (Å²) in [7, 11) is 1.99. The lowest BCUT2D eigenvalue weighted by molar-refractivity contribution is 0.912. The molecule has 0 fully saturated rings. The summed E-state index contributed by atoms with van der Waals surface area (Å²) in [6.45, 7) is 0. The molecule has 5 nitrogen and oxygen atoms in total. The molecule has 2 heterocycles. The molecule has 0 bridgehead atoms. The predicted molar refractivity (Wildman–Crippen MR) is 97.6 cm³/mol. The summed E-state index contributed by atoms with van der Waals surface area (Å²) in [5.74, 6) is 0.931. The molecule has 2 aromatic heterocycles. The molecule has 0 aliphatic rings. The van der Waals surface area contributed by atoms with Gasteiger partial charge in [-0.25, -0.2) is 4.98 Å². The van der Waals surface area contributed by atoms with Crippen molar-refractivity contribution in [3.63, 3.8) is 0 Å². The van der Waals surface area contributed by atoms with E-state index in [0.29, 0.717) is 5.56 Å². The number of hydrogen-bond donors (Lipinski definition) is 0. The second-order valence-electron chi connectivity index (χ2n) is 5.67. The van der Waals surface area contributed by atoms with Gasteiger partial charge in [0.25, 0.3) is 0 Å².